The van der Waals surface area contributed by atoms with Gasteiger partial charge in [-0.1, -0.05) is 0 Å². The van der Waals surface area contributed by atoms with Gasteiger partial charge >= 0.3 is 177 Å². The average Bonchev–Trinajstić information content (AvgIpc) is 2.66. The molecule has 0 aromatic carbocycles. The second-order valence-electron chi connectivity index (χ2n) is 7.23. The van der Waals surface area contributed by atoms with Gasteiger partial charge in [0.25, 0.3) is 0 Å². The molecule has 6 nitrogen and oxygen atoms in total. The van der Waals surface area contributed by atoms with E-state index in [0.717, 1.165) is 44.9 Å². The van der Waals surface area contributed by atoms with E-state index in [1.54, 1.807) is 0 Å². The SMILES string of the molecule is CCCCC[CH2][Sn]([O]C(=O)CCCC)([O]C(=O)CCCC)[O]C(=O)CCCC. The Morgan fingerprint density at radius 3 is 1.21 bits per heavy atom. The number of rotatable bonds is 17. The van der Waals surface area contributed by atoms with Crippen LogP contribution in [0.15, 0.2) is 0 Å². The maximum atomic E-state index is 12.3. The fraction of sp³-hybridized carbons (Fsp3) is 0.857. The molecule has 0 aromatic rings. The second-order valence-corrected chi connectivity index (χ2v) is 14.3. The van der Waals surface area contributed by atoms with Gasteiger partial charge in [0.2, 0.25) is 0 Å². The second kappa shape index (κ2) is 17.1. The Hall–Kier alpha value is -0.791. The first-order valence-corrected chi connectivity index (χ1v) is 16.6. The summed E-state index contributed by atoms with van der Waals surface area (Å²) >= 11 is -4.65. The molecular weight excluding hydrogens is 467 g/mol. The number of hydrogen-bond donors (Lipinski definition) is 0. The van der Waals surface area contributed by atoms with Crippen molar-refractivity contribution in [2.75, 3.05) is 0 Å². The summed E-state index contributed by atoms with van der Waals surface area (Å²) < 4.78 is 17.5. The molecule has 0 aliphatic rings. The first-order chi connectivity index (χ1) is 13.4. The van der Waals surface area contributed by atoms with E-state index in [1.807, 2.05) is 20.8 Å². The molecule has 0 saturated carbocycles. The van der Waals surface area contributed by atoms with Gasteiger partial charge in [-0.2, -0.15) is 0 Å². The summed E-state index contributed by atoms with van der Waals surface area (Å²) in [6.45, 7) is 8.08. The van der Waals surface area contributed by atoms with Crippen molar-refractivity contribution < 1.29 is 23.6 Å². The molecule has 0 rings (SSSR count). The number of hydrogen-bond acceptors (Lipinski definition) is 6. The summed E-state index contributed by atoms with van der Waals surface area (Å²) in [4.78, 5) is 37.0. The van der Waals surface area contributed by atoms with Crippen LogP contribution < -0.4 is 0 Å². The van der Waals surface area contributed by atoms with E-state index in [9.17, 15) is 14.4 Å². The zero-order chi connectivity index (χ0) is 21.3. The number of carbonyl (C=O) groups excluding carboxylic acids is 3. The van der Waals surface area contributed by atoms with Crippen molar-refractivity contribution in [3.63, 3.8) is 0 Å². The minimum absolute atomic E-state index is 0.253. The van der Waals surface area contributed by atoms with E-state index in [-0.39, 0.29) is 19.3 Å². The fourth-order valence-electron chi connectivity index (χ4n) is 2.62. The first-order valence-electron chi connectivity index (χ1n) is 11.1. The predicted octanol–water partition coefficient (Wildman–Crippen LogP) is 5.71. The number of unbranched alkanes of at least 4 members (excludes halogenated alkanes) is 6. The van der Waals surface area contributed by atoms with Gasteiger partial charge in [0.15, 0.2) is 0 Å². The quantitative estimate of drug-likeness (QED) is 0.186. The van der Waals surface area contributed by atoms with Gasteiger partial charge < -0.3 is 0 Å². The Kier molecular flexibility index (Phi) is 16.6. The van der Waals surface area contributed by atoms with Crippen LogP contribution in [0.1, 0.15) is 111 Å². The van der Waals surface area contributed by atoms with Crippen LogP contribution in [-0.2, 0) is 23.6 Å². The van der Waals surface area contributed by atoms with E-state index < -0.39 is 37.5 Å². The van der Waals surface area contributed by atoms with Gasteiger partial charge in [0.1, 0.15) is 0 Å². The molecule has 0 amide bonds. The van der Waals surface area contributed by atoms with Crippen molar-refractivity contribution in [2.24, 2.45) is 0 Å². The molecule has 0 spiro atoms. The van der Waals surface area contributed by atoms with Crippen LogP contribution in [-0.4, -0.2) is 37.5 Å². The summed E-state index contributed by atoms with van der Waals surface area (Å²) in [6.07, 6.45) is 9.20. The molecule has 164 valence electrons. The topological polar surface area (TPSA) is 78.9 Å². The van der Waals surface area contributed by atoms with Crippen molar-refractivity contribution in [3.8, 4) is 0 Å². The van der Waals surface area contributed by atoms with E-state index in [0.29, 0.717) is 23.7 Å². The van der Waals surface area contributed by atoms with Crippen molar-refractivity contribution in [1.29, 1.82) is 0 Å². The Bertz CT molecular complexity index is 397. The minimum atomic E-state index is -4.65. The van der Waals surface area contributed by atoms with Crippen LogP contribution in [0.2, 0.25) is 4.44 Å². The van der Waals surface area contributed by atoms with Crippen LogP contribution in [0.3, 0.4) is 0 Å². The molecule has 0 heterocycles. The third-order valence-corrected chi connectivity index (χ3v) is 11.7. The van der Waals surface area contributed by atoms with Crippen LogP contribution >= 0.6 is 0 Å². The zero-order valence-electron chi connectivity index (χ0n) is 18.3. The van der Waals surface area contributed by atoms with Gasteiger partial charge in [-0.3, -0.25) is 0 Å². The molecule has 0 unspecified atom stereocenters. The Morgan fingerprint density at radius 2 is 0.893 bits per heavy atom. The molecule has 0 fully saturated rings. The molecule has 0 aliphatic heterocycles. The summed E-state index contributed by atoms with van der Waals surface area (Å²) in [5.41, 5.74) is 0. The molecule has 0 atom stereocenters. The van der Waals surface area contributed by atoms with E-state index in [2.05, 4.69) is 6.92 Å². The molecule has 0 radical (unpaired) electrons. The number of carbonyl (C=O) groups is 3. The van der Waals surface area contributed by atoms with Gasteiger partial charge in [-0.25, -0.2) is 0 Å². The standard InChI is InChI=1S/C6H13.3C5H10O2.Sn/c1-3-5-6-4-2;3*1-2-3-4-5(6)7;/h1,3-6H2,2H3;3*2-4H2,1H3,(H,6,7);/q;;;;+3/p-3. The van der Waals surface area contributed by atoms with E-state index in [1.165, 1.54) is 0 Å². The van der Waals surface area contributed by atoms with E-state index >= 15 is 0 Å². The van der Waals surface area contributed by atoms with Crippen molar-refractivity contribution in [1.82, 2.24) is 0 Å². The first kappa shape index (κ1) is 27.2. The molecule has 0 saturated heterocycles. The summed E-state index contributed by atoms with van der Waals surface area (Å²) in [5, 5.41) is 0. The molecule has 0 bridgehead atoms. The monoisotopic (exact) mass is 508 g/mol. The molecule has 7 heteroatoms. The maximum absolute atomic E-state index is 12.3. The van der Waals surface area contributed by atoms with E-state index in [4.69, 9.17) is 9.22 Å². The predicted molar refractivity (Wildman–Crippen MR) is 112 cm³/mol. The molecule has 0 N–H and O–H groups in total. The van der Waals surface area contributed by atoms with Gasteiger partial charge in [-0.15, -0.1) is 0 Å². The van der Waals surface area contributed by atoms with Crippen molar-refractivity contribution >= 4 is 37.5 Å². The van der Waals surface area contributed by atoms with Crippen LogP contribution in [0.5, 0.6) is 0 Å². The summed E-state index contributed by atoms with van der Waals surface area (Å²) in [5.74, 6) is -1.25. The Balaban J connectivity index is 5.35. The third kappa shape index (κ3) is 13.4. The van der Waals surface area contributed by atoms with Crippen LogP contribution in [0.4, 0.5) is 0 Å². The van der Waals surface area contributed by atoms with Crippen molar-refractivity contribution in [2.45, 2.75) is 116 Å². The van der Waals surface area contributed by atoms with Crippen LogP contribution in [0, 0.1) is 0 Å². The molecule has 0 aliphatic carbocycles. The Morgan fingerprint density at radius 1 is 0.536 bits per heavy atom. The molecule has 0 aromatic heterocycles. The third-order valence-electron chi connectivity index (χ3n) is 4.35. The zero-order valence-corrected chi connectivity index (χ0v) is 21.2. The van der Waals surface area contributed by atoms with Gasteiger partial charge in [0, 0.05) is 0 Å². The summed E-state index contributed by atoms with van der Waals surface area (Å²) in [6, 6.07) is 0. The fourth-order valence-corrected chi connectivity index (χ4v) is 9.64. The van der Waals surface area contributed by atoms with Gasteiger partial charge in [0.05, 0.1) is 0 Å². The normalized spacial score (nSPS) is 11.1. The summed E-state index contributed by atoms with van der Waals surface area (Å²) in [7, 11) is 0. The van der Waals surface area contributed by atoms with Gasteiger partial charge in [-0.05, 0) is 0 Å². The van der Waals surface area contributed by atoms with Crippen molar-refractivity contribution in [3.05, 3.63) is 0 Å². The Labute approximate surface area is 176 Å². The molecular formula is C21H40O6Sn. The molecule has 28 heavy (non-hydrogen) atoms. The van der Waals surface area contributed by atoms with Crippen LogP contribution in [0.25, 0.3) is 0 Å². The average molecular weight is 507 g/mol.